The summed E-state index contributed by atoms with van der Waals surface area (Å²) >= 11 is 6.95. The Bertz CT molecular complexity index is 632. The molecule has 1 aromatic heterocycles. The second-order valence-electron chi connectivity index (χ2n) is 4.93. The summed E-state index contributed by atoms with van der Waals surface area (Å²) in [5.41, 5.74) is 3.37. The molecule has 112 valence electrons. The first-order chi connectivity index (χ1) is 10.0. The molecule has 1 unspecified atom stereocenters. The average molecular weight is 414 g/mol. The number of rotatable bonds is 5. The first-order valence-electron chi connectivity index (χ1n) is 6.69. The van der Waals surface area contributed by atoms with Gasteiger partial charge in [-0.25, -0.2) is 0 Å². The molecule has 1 atom stereocenters. The van der Waals surface area contributed by atoms with Gasteiger partial charge in [-0.2, -0.15) is 0 Å². The summed E-state index contributed by atoms with van der Waals surface area (Å²) in [6.45, 7) is 4.90. The van der Waals surface area contributed by atoms with Gasteiger partial charge < -0.3 is 10.1 Å². The molecule has 0 aliphatic rings. The van der Waals surface area contributed by atoms with Gasteiger partial charge in [0.15, 0.2) is 0 Å². The highest BCUT2D eigenvalue weighted by molar-refractivity contribution is 9.11. The van der Waals surface area contributed by atoms with E-state index < -0.39 is 0 Å². The molecule has 21 heavy (non-hydrogen) atoms. The van der Waals surface area contributed by atoms with Crippen molar-refractivity contribution < 1.29 is 4.74 Å². The lowest BCUT2D eigenvalue weighted by atomic mass is 10.0. The molecule has 0 saturated heterocycles. The minimum atomic E-state index is 0.178. The monoisotopic (exact) mass is 412 g/mol. The van der Waals surface area contributed by atoms with Gasteiger partial charge in [-0.05, 0) is 57.8 Å². The zero-order valence-electron chi connectivity index (χ0n) is 12.3. The molecule has 0 aliphatic carbocycles. The molecule has 1 aromatic carbocycles. The lowest BCUT2D eigenvalue weighted by Crippen LogP contribution is -2.19. The molecule has 0 amide bonds. The highest BCUT2D eigenvalue weighted by atomic mass is 79.9. The van der Waals surface area contributed by atoms with Gasteiger partial charge in [-0.1, -0.05) is 17.7 Å². The maximum atomic E-state index is 5.44. The van der Waals surface area contributed by atoms with Crippen molar-refractivity contribution >= 4 is 31.9 Å². The van der Waals surface area contributed by atoms with Crippen LogP contribution in [0.1, 0.15) is 29.8 Å². The Morgan fingerprint density at radius 1 is 1.29 bits per heavy atom. The zero-order valence-corrected chi connectivity index (χ0v) is 15.5. The van der Waals surface area contributed by atoms with Crippen LogP contribution in [0.5, 0.6) is 5.75 Å². The van der Waals surface area contributed by atoms with Crippen molar-refractivity contribution in [2.75, 3.05) is 7.11 Å². The van der Waals surface area contributed by atoms with Crippen LogP contribution >= 0.6 is 31.9 Å². The molecule has 1 heterocycles. The van der Waals surface area contributed by atoms with Crippen LogP contribution in [-0.2, 0) is 6.54 Å². The third-order valence-corrected chi connectivity index (χ3v) is 4.43. The number of aromatic nitrogens is 1. The SMILES string of the molecule is COc1ccc(C)cc1C(C)NCc1ncc(Br)cc1Br. The highest BCUT2D eigenvalue weighted by Crippen LogP contribution is 2.27. The van der Waals surface area contributed by atoms with Crippen molar-refractivity contribution in [1.29, 1.82) is 0 Å². The van der Waals surface area contributed by atoms with Crippen LogP contribution < -0.4 is 10.1 Å². The number of methoxy groups -OCH3 is 1. The number of hydrogen-bond donors (Lipinski definition) is 1. The number of benzene rings is 1. The van der Waals surface area contributed by atoms with E-state index in [1.807, 2.05) is 12.1 Å². The third-order valence-electron chi connectivity index (χ3n) is 3.31. The van der Waals surface area contributed by atoms with E-state index in [-0.39, 0.29) is 6.04 Å². The van der Waals surface area contributed by atoms with E-state index in [0.29, 0.717) is 6.54 Å². The van der Waals surface area contributed by atoms with Crippen molar-refractivity contribution in [3.8, 4) is 5.75 Å². The minimum absolute atomic E-state index is 0.178. The summed E-state index contributed by atoms with van der Waals surface area (Å²) in [6, 6.07) is 8.40. The Labute approximate surface area is 142 Å². The van der Waals surface area contributed by atoms with Gasteiger partial charge in [-0.15, -0.1) is 0 Å². The predicted octanol–water partition coefficient (Wildman–Crippen LogP) is 4.77. The molecule has 0 spiro atoms. The number of aryl methyl sites for hydroxylation is 1. The Kier molecular flexibility index (Phi) is 5.79. The van der Waals surface area contributed by atoms with Crippen molar-refractivity contribution in [3.63, 3.8) is 0 Å². The first kappa shape index (κ1) is 16.5. The molecular formula is C16H18Br2N2O. The fraction of sp³-hybridized carbons (Fsp3) is 0.312. The molecular weight excluding hydrogens is 396 g/mol. The Morgan fingerprint density at radius 2 is 2.05 bits per heavy atom. The van der Waals surface area contributed by atoms with Gasteiger partial charge >= 0.3 is 0 Å². The quantitative estimate of drug-likeness (QED) is 0.766. The van der Waals surface area contributed by atoms with Crippen LogP contribution in [0.15, 0.2) is 39.4 Å². The zero-order chi connectivity index (χ0) is 15.4. The second kappa shape index (κ2) is 7.38. The van der Waals surface area contributed by atoms with Crippen molar-refractivity contribution in [3.05, 3.63) is 56.2 Å². The summed E-state index contributed by atoms with van der Waals surface area (Å²) in [4.78, 5) is 4.42. The summed E-state index contributed by atoms with van der Waals surface area (Å²) in [6.07, 6.45) is 1.81. The van der Waals surface area contributed by atoms with E-state index in [1.165, 1.54) is 5.56 Å². The average Bonchev–Trinajstić information content (AvgIpc) is 2.46. The van der Waals surface area contributed by atoms with Gasteiger partial charge in [0.05, 0.1) is 12.8 Å². The molecule has 0 saturated carbocycles. The number of nitrogens with zero attached hydrogens (tertiary/aromatic N) is 1. The molecule has 5 heteroatoms. The van der Waals surface area contributed by atoms with E-state index in [2.05, 4.69) is 68.1 Å². The van der Waals surface area contributed by atoms with Crippen LogP contribution in [0.4, 0.5) is 0 Å². The molecule has 0 aliphatic heterocycles. The number of pyridine rings is 1. The largest absolute Gasteiger partial charge is 0.496 e. The Hall–Kier alpha value is -0.910. The molecule has 0 fully saturated rings. The van der Waals surface area contributed by atoms with Gasteiger partial charge in [0.1, 0.15) is 5.75 Å². The van der Waals surface area contributed by atoms with Crippen LogP contribution in [0.25, 0.3) is 0 Å². The van der Waals surface area contributed by atoms with Crippen molar-refractivity contribution in [2.45, 2.75) is 26.4 Å². The molecule has 2 rings (SSSR count). The van der Waals surface area contributed by atoms with Gasteiger partial charge in [0.25, 0.3) is 0 Å². The van der Waals surface area contributed by atoms with E-state index in [1.54, 1.807) is 13.3 Å². The van der Waals surface area contributed by atoms with Gasteiger partial charge in [-0.3, -0.25) is 4.98 Å². The summed E-state index contributed by atoms with van der Waals surface area (Å²) in [5, 5.41) is 3.49. The minimum Gasteiger partial charge on any atom is -0.496 e. The number of halogens is 2. The first-order valence-corrected chi connectivity index (χ1v) is 8.27. The third kappa shape index (κ3) is 4.28. The van der Waals surface area contributed by atoms with E-state index in [0.717, 1.165) is 26.0 Å². The van der Waals surface area contributed by atoms with Crippen LogP contribution in [-0.4, -0.2) is 12.1 Å². The number of ether oxygens (including phenoxy) is 1. The lowest BCUT2D eigenvalue weighted by molar-refractivity contribution is 0.401. The molecule has 0 bridgehead atoms. The molecule has 2 aromatic rings. The Balaban J connectivity index is 2.11. The van der Waals surface area contributed by atoms with E-state index in [9.17, 15) is 0 Å². The summed E-state index contributed by atoms with van der Waals surface area (Å²) in [7, 11) is 1.70. The van der Waals surface area contributed by atoms with Crippen molar-refractivity contribution in [2.24, 2.45) is 0 Å². The van der Waals surface area contributed by atoms with Crippen molar-refractivity contribution in [1.82, 2.24) is 10.3 Å². The van der Waals surface area contributed by atoms with Crippen LogP contribution in [0, 0.1) is 6.92 Å². The van der Waals surface area contributed by atoms with Gasteiger partial charge in [0.2, 0.25) is 0 Å². The van der Waals surface area contributed by atoms with Gasteiger partial charge in [0, 0.05) is 33.3 Å². The fourth-order valence-electron chi connectivity index (χ4n) is 2.12. The Morgan fingerprint density at radius 3 is 2.71 bits per heavy atom. The molecule has 3 nitrogen and oxygen atoms in total. The molecule has 1 N–H and O–H groups in total. The van der Waals surface area contributed by atoms with Crippen LogP contribution in [0.3, 0.4) is 0 Å². The van der Waals surface area contributed by atoms with E-state index in [4.69, 9.17) is 4.74 Å². The summed E-state index contributed by atoms with van der Waals surface area (Å²) < 4.78 is 7.40. The maximum Gasteiger partial charge on any atom is 0.123 e. The number of hydrogen-bond acceptors (Lipinski definition) is 3. The lowest BCUT2D eigenvalue weighted by Gasteiger charge is -2.18. The smallest absolute Gasteiger partial charge is 0.123 e. The predicted molar refractivity (Wildman–Crippen MR) is 92.6 cm³/mol. The highest BCUT2D eigenvalue weighted by Gasteiger charge is 2.12. The normalized spacial score (nSPS) is 12.2. The standard InChI is InChI=1S/C16H18Br2N2O/c1-10-4-5-16(21-3)13(6-10)11(2)19-9-15-14(18)7-12(17)8-20-15/h4-8,11,19H,9H2,1-3H3. The number of nitrogens with one attached hydrogen (secondary N) is 1. The molecule has 0 radical (unpaired) electrons. The summed E-state index contributed by atoms with van der Waals surface area (Å²) in [5.74, 6) is 0.906. The fourth-order valence-corrected chi connectivity index (χ4v) is 3.25. The van der Waals surface area contributed by atoms with E-state index >= 15 is 0 Å². The topological polar surface area (TPSA) is 34.1 Å². The van der Waals surface area contributed by atoms with Crippen LogP contribution in [0.2, 0.25) is 0 Å². The maximum absolute atomic E-state index is 5.44. The second-order valence-corrected chi connectivity index (χ2v) is 6.70.